The number of aryl methyl sites for hydroxylation is 3. The van der Waals surface area contributed by atoms with Gasteiger partial charge in [0, 0.05) is 37.1 Å². The van der Waals surface area contributed by atoms with Crippen LogP contribution < -0.4 is 4.90 Å². The number of unbranched alkanes of at least 4 members (excludes halogenated alkanes) is 1. The standard InChI is InChI=1S/C19H28N4O2/c1-4-5-8-23-14(3)18-13(2)11-16(20-19(18)21-23)22-9-6-15(7-10-22)12-17(24)25/h11,15H,4-10,12H2,1-3H3,(H,24,25). The Kier molecular flexibility index (Phi) is 5.25. The maximum atomic E-state index is 10.9. The largest absolute Gasteiger partial charge is 0.481 e. The fraction of sp³-hybridized carbons (Fsp3) is 0.632. The van der Waals surface area contributed by atoms with Crippen molar-refractivity contribution in [1.29, 1.82) is 0 Å². The zero-order valence-corrected chi connectivity index (χ0v) is 15.5. The van der Waals surface area contributed by atoms with Crippen LogP contribution in [-0.2, 0) is 11.3 Å². The molecule has 2 aromatic heterocycles. The molecule has 0 radical (unpaired) electrons. The second kappa shape index (κ2) is 7.42. The minimum absolute atomic E-state index is 0.278. The molecule has 136 valence electrons. The second-order valence-corrected chi connectivity index (χ2v) is 7.19. The number of hydrogen-bond acceptors (Lipinski definition) is 4. The molecular weight excluding hydrogens is 316 g/mol. The van der Waals surface area contributed by atoms with Crippen LogP contribution in [-0.4, -0.2) is 38.9 Å². The number of hydrogen-bond donors (Lipinski definition) is 1. The molecule has 0 aliphatic carbocycles. The molecule has 1 saturated heterocycles. The summed E-state index contributed by atoms with van der Waals surface area (Å²) < 4.78 is 2.08. The number of carboxylic acid groups (broad SMARTS) is 1. The van der Waals surface area contributed by atoms with Gasteiger partial charge in [-0.15, -0.1) is 0 Å². The van der Waals surface area contributed by atoms with E-state index in [4.69, 9.17) is 15.2 Å². The van der Waals surface area contributed by atoms with Crippen LogP contribution in [0.2, 0.25) is 0 Å². The Labute approximate surface area is 148 Å². The first-order valence-corrected chi connectivity index (χ1v) is 9.31. The van der Waals surface area contributed by atoms with Gasteiger partial charge in [0.2, 0.25) is 0 Å². The summed E-state index contributed by atoms with van der Waals surface area (Å²) in [6, 6.07) is 2.15. The quantitative estimate of drug-likeness (QED) is 0.868. The molecular formula is C19H28N4O2. The molecule has 25 heavy (non-hydrogen) atoms. The van der Waals surface area contributed by atoms with E-state index in [9.17, 15) is 4.79 Å². The number of aromatic nitrogens is 3. The third-order valence-corrected chi connectivity index (χ3v) is 5.27. The van der Waals surface area contributed by atoms with Crippen molar-refractivity contribution >= 4 is 22.8 Å². The van der Waals surface area contributed by atoms with Crippen molar-refractivity contribution in [2.75, 3.05) is 18.0 Å². The lowest BCUT2D eigenvalue weighted by Crippen LogP contribution is -2.35. The number of fused-ring (bicyclic) bond motifs is 1. The van der Waals surface area contributed by atoms with Gasteiger partial charge in [0.15, 0.2) is 5.65 Å². The summed E-state index contributed by atoms with van der Waals surface area (Å²) in [5.41, 5.74) is 3.24. The second-order valence-electron chi connectivity index (χ2n) is 7.19. The lowest BCUT2D eigenvalue weighted by molar-refractivity contribution is -0.138. The predicted molar refractivity (Wildman–Crippen MR) is 99.1 cm³/mol. The van der Waals surface area contributed by atoms with E-state index in [1.54, 1.807) is 0 Å². The number of carboxylic acids is 1. The lowest BCUT2D eigenvalue weighted by atomic mass is 9.93. The Hall–Kier alpha value is -2.11. The van der Waals surface area contributed by atoms with E-state index < -0.39 is 5.97 Å². The fourth-order valence-electron chi connectivity index (χ4n) is 3.78. The molecule has 6 nitrogen and oxygen atoms in total. The topological polar surface area (TPSA) is 71.2 Å². The first-order valence-electron chi connectivity index (χ1n) is 9.31. The van der Waals surface area contributed by atoms with Crippen LogP contribution in [0.4, 0.5) is 5.82 Å². The summed E-state index contributed by atoms with van der Waals surface area (Å²) in [7, 11) is 0. The van der Waals surface area contributed by atoms with Crippen LogP contribution >= 0.6 is 0 Å². The van der Waals surface area contributed by atoms with Crippen LogP contribution in [0.3, 0.4) is 0 Å². The van der Waals surface area contributed by atoms with Crippen molar-refractivity contribution in [2.45, 2.75) is 59.4 Å². The van der Waals surface area contributed by atoms with Gasteiger partial charge in [0.25, 0.3) is 0 Å². The van der Waals surface area contributed by atoms with Crippen molar-refractivity contribution in [3.8, 4) is 0 Å². The molecule has 0 saturated carbocycles. The fourth-order valence-corrected chi connectivity index (χ4v) is 3.78. The summed E-state index contributed by atoms with van der Waals surface area (Å²) in [4.78, 5) is 18.0. The van der Waals surface area contributed by atoms with Gasteiger partial charge in [-0.3, -0.25) is 9.48 Å². The smallest absolute Gasteiger partial charge is 0.303 e. The Morgan fingerprint density at radius 1 is 1.32 bits per heavy atom. The highest BCUT2D eigenvalue weighted by molar-refractivity contribution is 5.83. The Balaban J connectivity index is 1.80. The van der Waals surface area contributed by atoms with E-state index in [0.717, 1.165) is 56.8 Å². The maximum absolute atomic E-state index is 10.9. The molecule has 6 heteroatoms. The molecule has 1 aliphatic rings. The van der Waals surface area contributed by atoms with Gasteiger partial charge in [-0.05, 0) is 50.7 Å². The zero-order valence-electron chi connectivity index (χ0n) is 15.5. The van der Waals surface area contributed by atoms with Crippen LogP contribution in [0, 0.1) is 19.8 Å². The number of rotatable bonds is 6. The number of carbonyl (C=O) groups is 1. The molecule has 0 amide bonds. The molecule has 1 N–H and O–H groups in total. The molecule has 0 aromatic carbocycles. The van der Waals surface area contributed by atoms with Gasteiger partial charge in [0.05, 0.1) is 0 Å². The summed E-state index contributed by atoms with van der Waals surface area (Å²) in [6.45, 7) is 9.11. The number of pyridine rings is 1. The SMILES string of the molecule is CCCCn1nc2nc(N3CCC(CC(=O)O)CC3)cc(C)c2c1C. The van der Waals surface area contributed by atoms with Gasteiger partial charge in [0.1, 0.15) is 5.82 Å². The number of anilines is 1. The molecule has 2 aromatic rings. The number of nitrogens with zero attached hydrogens (tertiary/aromatic N) is 4. The van der Waals surface area contributed by atoms with Gasteiger partial charge >= 0.3 is 5.97 Å². The maximum Gasteiger partial charge on any atom is 0.303 e. The van der Waals surface area contributed by atoms with E-state index in [1.807, 2.05) is 0 Å². The van der Waals surface area contributed by atoms with E-state index in [-0.39, 0.29) is 12.3 Å². The lowest BCUT2D eigenvalue weighted by Gasteiger charge is -2.32. The van der Waals surface area contributed by atoms with Crippen LogP contribution in [0.1, 0.15) is 50.3 Å². The third kappa shape index (κ3) is 3.78. The van der Waals surface area contributed by atoms with Gasteiger partial charge in [-0.2, -0.15) is 5.10 Å². The highest BCUT2D eigenvalue weighted by atomic mass is 16.4. The molecule has 0 bridgehead atoms. The first kappa shape index (κ1) is 17.7. The van der Waals surface area contributed by atoms with Crippen LogP contribution in [0.25, 0.3) is 11.0 Å². The monoisotopic (exact) mass is 344 g/mol. The van der Waals surface area contributed by atoms with Crippen molar-refractivity contribution in [3.05, 3.63) is 17.3 Å². The highest BCUT2D eigenvalue weighted by Gasteiger charge is 2.23. The normalized spacial score (nSPS) is 15.9. The van der Waals surface area contributed by atoms with Crippen molar-refractivity contribution < 1.29 is 9.90 Å². The third-order valence-electron chi connectivity index (χ3n) is 5.27. The summed E-state index contributed by atoms with van der Waals surface area (Å²) >= 11 is 0. The average Bonchev–Trinajstić information content (AvgIpc) is 2.89. The average molecular weight is 344 g/mol. The molecule has 3 heterocycles. The molecule has 1 fully saturated rings. The molecule has 3 rings (SSSR count). The van der Waals surface area contributed by atoms with Gasteiger partial charge in [-0.1, -0.05) is 13.3 Å². The van der Waals surface area contributed by atoms with E-state index in [2.05, 4.69) is 36.4 Å². The molecule has 1 aliphatic heterocycles. The minimum Gasteiger partial charge on any atom is -0.481 e. The van der Waals surface area contributed by atoms with Crippen molar-refractivity contribution in [1.82, 2.24) is 14.8 Å². The molecule has 0 spiro atoms. The molecule has 0 atom stereocenters. The number of piperidine rings is 1. The zero-order chi connectivity index (χ0) is 18.0. The van der Waals surface area contributed by atoms with Gasteiger partial charge < -0.3 is 10.0 Å². The Bertz CT molecular complexity index is 760. The van der Waals surface area contributed by atoms with Crippen molar-refractivity contribution in [3.63, 3.8) is 0 Å². The molecule has 0 unspecified atom stereocenters. The first-order chi connectivity index (χ1) is 12.0. The van der Waals surface area contributed by atoms with E-state index >= 15 is 0 Å². The Morgan fingerprint density at radius 3 is 2.68 bits per heavy atom. The highest BCUT2D eigenvalue weighted by Crippen LogP contribution is 2.28. The Morgan fingerprint density at radius 2 is 2.04 bits per heavy atom. The summed E-state index contributed by atoms with van der Waals surface area (Å²) in [5.74, 6) is 0.565. The van der Waals surface area contributed by atoms with E-state index in [0.29, 0.717) is 0 Å². The summed E-state index contributed by atoms with van der Waals surface area (Å²) in [6.07, 6.45) is 4.38. The van der Waals surface area contributed by atoms with E-state index in [1.165, 1.54) is 16.6 Å². The van der Waals surface area contributed by atoms with Crippen molar-refractivity contribution in [2.24, 2.45) is 5.92 Å². The minimum atomic E-state index is -0.693. The van der Waals surface area contributed by atoms with Crippen LogP contribution in [0.5, 0.6) is 0 Å². The predicted octanol–water partition coefficient (Wildman–Crippen LogP) is 3.54. The summed E-state index contributed by atoms with van der Waals surface area (Å²) in [5, 5.41) is 14.8. The van der Waals surface area contributed by atoms with Gasteiger partial charge in [-0.25, -0.2) is 4.98 Å². The number of aliphatic carboxylic acids is 1. The van der Waals surface area contributed by atoms with Crippen LogP contribution in [0.15, 0.2) is 6.07 Å².